The van der Waals surface area contributed by atoms with E-state index in [-0.39, 0.29) is 5.52 Å². The van der Waals surface area contributed by atoms with Crippen LogP contribution in [0.1, 0.15) is 11.4 Å². The molecule has 0 saturated carbocycles. The average Bonchev–Trinajstić information content (AvgIpc) is 2.72. The molecule has 0 aliphatic rings. The molecule has 1 aromatic carbocycles. The van der Waals surface area contributed by atoms with Gasteiger partial charge in [0.2, 0.25) is 0 Å². The molecule has 2 aromatic rings. The molecule has 0 aliphatic carbocycles. The molecule has 21 heavy (non-hydrogen) atoms. The van der Waals surface area contributed by atoms with Crippen LogP contribution in [0.25, 0.3) is 11.0 Å². The second-order valence-corrected chi connectivity index (χ2v) is 6.53. The molecule has 1 heterocycles. The summed E-state index contributed by atoms with van der Waals surface area (Å²) in [5.41, 5.74) is 0.163. The number of aryl methyl sites for hydroxylation is 2. The molecule has 0 fully saturated rings. The molecule has 116 valence electrons. The van der Waals surface area contributed by atoms with Crippen molar-refractivity contribution in [3.05, 3.63) is 29.6 Å². The van der Waals surface area contributed by atoms with Crippen LogP contribution in [-0.2, 0) is 29.9 Å². The van der Waals surface area contributed by atoms with Gasteiger partial charge >= 0.3 is 6.18 Å². The molecule has 1 unspecified atom stereocenters. The smallest absolute Gasteiger partial charge is 0.327 e. The molecular formula is C13H14ClF3N2OS. The van der Waals surface area contributed by atoms with Gasteiger partial charge in [-0.05, 0) is 18.2 Å². The summed E-state index contributed by atoms with van der Waals surface area (Å²) in [7, 11) is -0.985. The number of halogens is 4. The summed E-state index contributed by atoms with van der Waals surface area (Å²) in [5, 5.41) is 0. The highest BCUT2D eigenvalue weighted by atomic mass is 35.5. The predicted octanol–water partition coefficient (Wildman–Crippen LogP) is 3.21. The summed E-state index contributed by atoms with van der Waals surface area (Å²) < 4.78 is 51.2. The van der Waals surface area contributed by atoms with Gasteiger partial charge < -0.3 is 4.57 Å². The van der Waals surface area contributed by atoms with E-state index in [1.807, 2.05) is 0 Å². The van der Waals surface area contributed by atoms with E-state index in [2.05, 4.69) is 4.98 Å². The van der Waals surface area contributed by atoms with Crippen LogP contribution in [0.15, 0.2) is 18.2 Å². The molecule has 1 aromatic heterocycles. The predicted molar refractivity (Wildman–Crippen MR) is 78.1 cm³/mol. The Labute approximate surface area is 127 Å². The van der Waals surface area contributed by atoms with Crippen LogP contribution < -0.4 is 0 Å². The van der Waals surface area contributed by atoms with Gasteiger partial charge in [-0.25, -0.2) is 4.98 Å². The molecule has 1 atom stereocenters. The van der Waals surface area contributed by atoms with Crippen molar-refractivity contribution in [3.63, 3.8) is 0 Å². The third-order valence-electron chi connectivity index (χ3n) is 3.08. The minimum Gasteiger partial charge on any atom is -0.327 e. The first-order chi connectivity index (χ1) is 9.82. The first-order valence-corrected chi connectivity index (χ1v) is 8.51. The average molecular weight is 339 g/mol. The fraction of sp³-hybridized carbons (Fsp3) is 0.462. The maximum atomic E-state index is 12.7. The first-order valence-electron chi connectivity index (χ1n) is 6.25. The highest BCUT2D eigenvalue weighted by Crippen LogP contribution is 2.31. The second-order valence-electron chi connectivity index (χ2n) is 4.60. The third-order valence-corrected chi connectivity index (χ3v) is 4.02. The van der Waals surface area contributed by atoms with Crippen molar-refractivity contribution in [1.82, 2.24) is 9.55 Å². The van der Waals surface area contributed by atoms with Gasteiger partial charge in [-0.15, -0.1) is 11.6 Å². The van der Waals surface area contributed by atoms with Crippen molar-refractivity contribution >= 4 is 33.4 Å². The Morgan fingerprint density at radius 1 is 1.38 bits per heavy atom. The maximum absolute atomic E-state index is 12.7. The summed E-state index contributed by atoms with van der Waals surface area (Å²) in [4.78, 5) is 4.23. The first kappa shape index (κ1) is 16.3. The van der Waals surface area contributed by atoms with E-state index in [1.165, 1.54) is 6.07 Å². The number of hydrogen-bond donors (Lipinski definition) is 0. The van der Waals surface area contributed by atoms with E-state index < -0.39 is 22.5 Å². The van der Waals surface area contributed by atoms with Crippen LogP contribution in [0.3, 0.4) is 0 Å². The summed E-state index contributed by atoms with van der Waals surface area (Å²) in [6, 6.07) is 3.47. The Kier molecular flexibility index (Phi) is 4.93. The van der Waals surface area contributed by atoms with E-state index in [4.69, 9.17) is 11.6 Å². The van der Waals surface area contributed by atoms with Crippen molar-refractivity contribution < 1.29 is 17.4 Å². The standard InChI is InChI=1S/C13H14ClF3N2OS/c1-21(20)7-6-19-11-3-2-9(13(15,16)17)8-10(11)18-12(19)4-5-14/h2-3,8H,4-7H2,1H3. The Morgan fingerprint density at radius 3 is 2.67 bits per heavy atom. The Balaban J connectivity index is 2.49. The zero-order valence-electron chi connectivity index (χ0n) is 11.3. The number of benzene rings is 1. The fourth-order valence-corrected chi connectivity index (χ4v) is 2.71. The van der Waals surface area contributed by atoms with Crippen molar-refractivity contribution in [3.8, 4) is 0 Å². The van der Waals surface area contributed by atoms with Crippen LogP contribution in [0, 0.1) is 0 Å². The lowest BCUT2D eigenvalue weighted by atomic mass is 10.2. The Hall–Kier alpha value is -1.08. The molecule has 0 bridgehead atoms. The quantitative estimate of drug-likeness (QED) is 0.785. The van der Waals surface area contributed by atoms with Crippen molar-refractivity contribution in [1.29, 1.82) is 0 Å². The summed E-state index contributed by atoms with van der Waals surface area (Å²) in [5.74, 6) is 1.36. The van der Waals surface area contributed by atoms with E-state index in [0.29, 0.717) is 35.9 Å². The highest BCUT2D eigenvalue weighted by molar-refractivity contribution is 7.84. The highest BCUT2D eigenvalue weighted by Gasteiger charge is 2.31. The number of nitrogens with zero attached hydrogens (tertiary/aromatic N) is 2. The monoisotopic (exact) mass is 338 g/mol. The van der Waals surface area contributed by atoms with Crippen LogP contribution in [0.4, 0.5) is 13.2 Å². The molecular weight excluding hydrogens is 325 g/mol. The van der Waals surface area contributed by atoms with Gasteiger partial charge in [0.15, 0.2) is 0 Å². The van der Waals surface area contributed by atoms with Gasteiger partial charge in [0.1, 0.15) is 5.82 Å². The topological polar surface area (TPSA) is 34.9 Å². The van der Waals surface area contributed by atoms with E-state index >= 15 is 0 Å². The molecule has 0 saturated heterocycles. The van der Waals surface area contributed by atoms with Crippen LogP contribution in [0.5, 0.6) is 0 Å². The maximum Gasteiger partial charge on any atom is 0.416 e. The largest absolute Gasteiger partial charge is 0.416 e. The molecule has 0 amide bonds. The summed E-state index contributed by atoms with van der Waals surface area (Å²) >= 11 is 5.71. The number of imidazole rings is 1. The zero-order chi connectivity index (χ0) is 15.6. The number of hydrogen-bond acceptors (Lipinski definition) is 2. The molecule has 2 rings (SSSR count). The van der Waals surface area contributed by atoms with E-state index in [1.54, 1.807) is 10.8 Å². The molecule has 8 heteroatoms. The van der Waals surface area contributed by atoms with Gasteiger partial charge in [-0.3, -0.25) is 4.21 Å². The lowest BCUT2D eigenvalue weighted by molar-refractivity contribution is -0.137. The van der Waals surface area contributed by atoms with Crippen molar-refractivity contribution in [2.45, 2.75) is 19.1 Å². The van der Waals surface area contributed by atoms with Crippen LogP contribution in [0.2, 0.25) is 0 Å². The molecule has 0 radical (unpaired) electrons. The lowest BCUT2D eigenvalue weighted by Crippen LogP contribution is -2.10. The summed E-state index contributed by atoms with van der Waals surface area (Å²) in [6.45, 7) is 0.442. The Bertz CT molecular complexity index is 669. The van der Waals surface area contributed by atoms with Gasteiger partial charge in [0, 0.05) is 41.7 Å². The van der Waals surface area contributed by atoms with Gasteiger partial charge in [0.25, 0.3) is 0 Å². The molecule has 0 aliphatic heterocycles. The minimum absolute atomic E-state index is 0.284. The normalized spacial score (nSPS) is 13.8. The molecule has 3 nitrogen and oxygen atoms in total. The van der Waals surface area contributed by atoms with Crippen LogP contribution >= 0.6 is 11.6 Å². The number of alkyl halides is 4. The number of aromatic nitrogens is 2. The van der Waals surface area contributed by atoms with Gasteiger partial charge in [-0.2, -0.15) is 13.2 Å². The third kappa shape index (κ3) is 3.77. The van der Waals surface area contributed by atoms with Gasteiger partial charge in [-0.1, -0.05) is 0 Å². The number of fused-ring (bicyclic) bond motifs is 1. The fourth-order valence-electron chi connectivity index (χ4n) is 2.10. The van der Waals surface area contributed by atoms with E-state index in [9.17, 15) is 17.4 Å². The number of rotatable bonds is 5. The lowest BCUT2D eigenvalue weighted by Gasteiger charge is -2.08. The second kappa shape index (κ2) is 6.36. The SMILES string of the molecule is CS(=O)CCn1c(CCCl)nc2cc(C(F)(F)F)ccc21. The van der Waals surface area contributed by atoms with Crippen LogP contribution in [-0.4, -0.2) is 31.6 Å². The zero-order valence-corrected chi connectivity index (χ0v) is 12.9. The van der Waals surface area contributed by atoms with Crippen molar-refractivity contribution in [2.75, 3.05) is 17.9 Å². The summed E-state index contributed by atoms with van der Waals surface area (Å²) in [6.07, 6.45) is -2.36. The molecule has 0 spiro atoms. The van der Waals surface area contributed by atoms with E-state index in [0.717, 1.165) is 12.1 Å². The van der Waals surface area contributed by atoms with Gasteiger partial charge in [0.05, 0.1) is 16.6 Å². The molecule has 0 N–H and O–H groups in total. The van der Waals surface area contributed by atoms with Crippen molar-refractivity contribution in [2.24, 2.45) is 0 Å². The minimum atomic E-state index is -4.39. The Morgan fingerprint density at radius 2 is 2.10 bits per heavy atom.